The van der Waals surface area contributed by atoms with Crippen LogP contribution in [-0.2, 0) is 9.47 Å². The number of hydrogen-bond donors (Lipinski definition) is 1. The number of nitrogens with one attached hydrogen (secondary N) is 1. The standard InChI is InChI=1S/C14H27NO3/c1-5-6-9-17-12-8-7-11(10-12)15-13(16)18-14(2,3)4/h11-12H,5-10H2,1-4H3,(H,15,16)/t11-,12+/m0/s1. The van der Waals surface area contributed by atoms with Gasteiger partial charge in [-0.1, -0.05) is 13.3 Å². The van der Waals surface area contributed by atoms with Gasteiger partial charge in [0.25, 0.3) is 0 Å². The Labute approximate surface area is 110 Å². The molecule has 0 aromatic rings. The van der Waals surface area contributed by atoms with Gasteiger partial charge in [-0.25, -0.2) is 4.79 Å². The first-order chi connectivity index (χ1) is 8.40. The first-order valence-corrected chi connectivity index (χ1v) is 7.02. The van der Waals surface area contributed by atoms with E-state index < -0.39 is 5.60 Å². The van der Waals surface area contributed by atoms with Crippen LogP contribution in [0.1, 0.15) is 59.8 Å². The zero-order chi connectivity index (χ0) is 13.6. The normalized spacial score (nSPS) is 24.0. The SMILES string of the molecule is CCCCO[C@@H]1CC[C@H](NC(=O)OC(C)(C)C)C1. The van der Waals surface area contributed by atoms with Gasteiger partial charge >= 0.3 is 6.09 Å². The average molecular weight is 257 g/mol. The van der Waals surface area contributed by atoms with Gasteiger partial charge in [-0.15, -0.1) is 0 Å². The second-order valence-corrected chi connectivity index (χ2v) is 6.00. The molecule has 0 aromatic heterocycles. The maximum Gasteiger partial charge on any atom is 0.407 e. The molecule has 1 fully saturated rings. The summed E-state index contributed by atoms with van der Waals surface area (Å²) in [5, 5.41) is 2.91. The summed E-state index contributed by atoms with van der Waals surface area (Å²) in [5.74, 6) is 0. The first kappa shape index (κ1) is 15.3. The van der Waals surface area contributed by atoms with E-state index in [4.69, 9.17) is 9.47 Å². The summed E-state index contributed by atoms with van der Waals surface area (Å²) in [6.07, 6.45) is 5.18. The first-order valence-electron chi connectivity index (χ1n) is 7.02. The Morgan fingerprint density at radius 1 is 1.33 bits per heavy atom. The van der Waals surface area contributed by atoms with E-state index in [0.717, 1.165) is 38.7 Å². The highest BCUT2D eigenvalue weighted by Gasteiger charge is 2.27. The Hall–Kier alpha value is -0.770. The lowest BCUT2D eigenvalue weighted by atomic mass is 10.2. The second kappa shape index (κ2) is 6.98. The van der Waals surface area contributed by atoms with Crippen LogP contribution in [0, 0.1) is 0 Å². The summed E-state index contributed by atoms with van der Waals surface area (Å²) in [6, 6.07) is 0.200. The van der Waals surface area contributed by atoms with E-state index in [-0.39, 0.29) is 12.1 Å². The molecule has 0 bridgehead atoms. The molecule has 0 saturated heterocycles. The van der Waals surface area contributed by atoms with Gasteiger partial charge in [0.1, 0.15) is 5.60 Å². The highest BCUT2D eigenvalue weighted by atomic mass is 16.6. The number of hydrogen-bond acceptors (Lipinski definition) is 3. The van der Waals surface area contributed by atoms with Gasteiger partial charge in [0.15, 0.2) is 0 Å². The fraction of sp³-hybridized carbons (Fsp3) is 0.929. The molecule has 2 atom stereocenters. The summed E-state index contributed by atoms with van der Waals surface area (Å²) >= 11 is 0. The number of rotatable bonds is 5. The molecule has 1 saturated carbocycles. The number of carbonyl (C=O) groups is 1. The van der Waals surface area contributed by atoms with E-state index in [2.05, 4.69) is 12.2 Å². The van der Waals surface area contributed by atoms with E-state index in [0.29, 0.717) is 6.10 Å². The van der Waals surface area contributed by atoms with Gasteiger partial charge in [0.2, 0.25) is 0 Å². The van der Waals surface area contributed by atoms with Crippen molar-refractivity contribution in [2.24, 2.45) is 0 Å². The van der Waals surface area contributed by atoms with Crippen molar-refractivity contribution in [3.63, 3.8) is 0 Å². The smallest absolute Gasteiger partial charge is 0.407 e. The van der Waals surface area contributed by atoms with E-state index in [1.807, 2.05) is 20.8 Å². The minimum absolute atomic E-state index is 0.200. The van der Waals surface area contributed by atoms with Gasteiger partial charge in [0, 0.05) is 12.6 Å². The minimum atomic E-state index is -0.431. The maximum absolute atomic E-state index is 11.6. The van der Waals surface area contributed by atoms with Crippen LogP contribution in [0.5, 0.6) is 0 Å². The summed E-state index contributed by atoms with van der Waals surface area (Å²) in [4.78, 5) is 11.6. The molecule has 0 unspecified atom stereocenters. The van der Waals surface area contributed by atoms with Crippen molar-refractivity contribution in [1.82, 2.24) is 5.32 Å². The van der Waals surface area contributed by atoms with Crippen LogP contribution in [0.15, 0.2) is 0 Å². The molecular formula is C14H27NO3. The Bertz CT molecular complexity index is 260. The molecule has 4 heteroatoms. The van der Waals surface area contributed by atoms with Crippen LogP contribution in [0.3, 0.4) is 0 Å². The molecule has 0 spiro atoms. The van der Waals surface area contributed by atoms with Crippen molar-refractivity contribution >= 4 is 6.09 Å². The van der Waals surface area contributed by atoms with Crippen LogP contribution in [0.4, 0.5) is 4.79 Å². The molecule has 1 rings (SSSR count). The lowest BCUT2D eigenvalue weighted by Crippen LogP contribution is -2.38. The van der Waals surface area contributed by atoms with Crippen molar-refractivity contribution in [3.05, 3.63) is 0 Å². The molecular weight excluding hydrogens is 230 g/mol. The van der Waals surface area contributed by atoms with Gasteiger partial charge < -0.3 is 14.8 Å². The molecule has 1 N–H and O–H groups in total. The number of amides is 1. The molecule has 4 nitrogen and oxygen atoms in total. The Morgan fingerprint density at radius 3 is 2.67 bits per heavy atom. The Kier molecular flexibility index (Phi) is 5.93. The number of unbranched alkanes of at least 4 members (excludes halogenated alkanes) is 1. The van der Waals surface area contributed by atoms with Crippen LogP contribution in [0.2, 0.25) is 0 Å². The third-order valence-electron chi connectivity index (χ3n) is 2.96. The lowest BCUT2D eigenvalue weighted by molar-refractivity contribution is 0.0458. The van der Waals surface area contributed by atoms with Gasteiger partial charge in [-0.3, -0.25) is 0 Å². The summed E-state index contributed by atoms with van der Waals surface area (Å²) in [7, 11) is 0. The fourth-order valence-corrected chi connectivity index (χ4v) is 2.09. The second-order valence-electron chi connectivity index (χ2n) is 6.00. The van der Waals surface area contributed by atoms with Crippen LogP contribution in [-0.4, -0.2) is 30.4 Å². The van der Waals surface area contributed by atoms with Crippen molar-refractivity contribution in [2.75, 3.05) is 6.61 Å². The lowest BCUT2D eigenvalue weighted by Gasteiger charge is -2.21. The Morgan fingerprint density at radius 2 is 2.06 bits per heavy atom. The monoisotopic (exact) mass is 257 g/mol. The van der Waals surface area contributed by atoms with Crippen LogP contribution >= 0.6 is 0 Å². The summed E-state index contributed by atoms with van der Waals surface area (Å²) in [6.45, 7) is 8.61. The van der Waals surface area contributed by atoms with E-state index >= 15 is 0 Å². The highest BCUT2D eigenvalue weighted by Crippen LogP contribution is 2.22. The number of ether oxygens (including phenoxy) is 2. The third kappa shape index (κ3) is 6.24. The number of alkyl carbamates (subject to hydrolysis) is 1. The fourth-order valence-electron chi connectivity index (χ4n) is 2.09. The van der Waals surface area contributed by atoms with E-state index in [9.17, 15) is 4.79 Å². The highest BCUT2D eigenvalue weighted by molar-refractivity contribution is 5.68. The zero-order valence-electron chi connectivity index (χ0n) is 12.1. The van der Waals surface area contributed by atoms with Crippen molar-refractivity contribution < 1.29 is 14.3 Å². The topological polar surface area (TPSA) is 47.6 Å². The molecule has 18 heavy (non-hydrogen) atoms. The molecule has 0 aliphatic heterocycles. The quantitative estimate of drug-likeness (QED) is 0.769. The molecule has 0 radical (unpaired) electrons. The summed E-state index contributed by atoms with van der Waals surface area (Å²) < 4.78 is 11.0. The molecule has 0 heterocycles. The minimum Gasteiger partial charge on any atom is -0.444 e. The van der Waals surface area contributed by atoms with Gasteiger partial charge in [0.05, 0.1) is 6.10 Å². The zero-order valence-corrected chi connectivity index (χ0v) is 12.1. The molecule has 0 aromatic carbocycles. The Balaban J connectivity index is 2.19. The van der Waals surface area contributed by atoms with Gasteiger partial charge in [-0.05, 0) is 46.5 Å². The largest absolute Gasteiger partial charge is 0.444 e. The predicted molar refractivity (Wildman–Crippen MR) is 71.7 cm³/mol. The molecule has 1 aliphatic carbocycles. The van der Waals surface area contributed by atoms with Crippen LogP contribution in [0.25, 0.3) is 0 Å². The van der Waals surface area contributed by atoms with Crippen molar-refractivity contribution in [3.8, 4) is 0 Å². The van der Waals surface area contributed by atoms with Crippen molar-refractivity contribution in [1.29, 1.82) is 0 Å². The molecule has 1 aliphatic rings. The summed E-state index contributed by atoms with van der Waals surface area (Å²) in [5.41, 5.74) is -0.431. The third-order valence-corrected chi connectivity index (χ3v) is 2.96. The predicted octanol–water partition coefficient (Wildman–Crippen LogP) is 3.25. The average Bonchev–Trinajstić information content (AvgIpc) is 2.63. The molecule has 1 amide bonds. The number of carbonyl (C=O) groups excluding carboxylic acids is 1. The van der Waals surface area contributed by atoms with Crippen LogP contribution < -0.4 is 5.32 Å². The van der Waals surface area contributed by atoms with Crippen molar-refractivity contribution in [2.45, 2.75) is 77.5 Å². The van der Waals surface area contributed by atoms with E-state index in [1.54, 1.807) is 0 Å². The van der Waals surface area contributed by atoms with E-state index in [1.165, 1.54) is 0 Å². The molecule has 106 valence electrons. The van der Waals surface area contributed by atoms with Gasteiger partial charge in [-0.2, -0.15) is 0 Å². The maximum atomic E-state index is 11.6.